The zero-order chi connectivity index (χ0) is 15.8. The summed E-state index contributed by atoms with van der Waals surface area (Å²) in [5.74, 6) is -1.79. The number of nitrogens with two attached hydrogens (primary N) is 1. The third-order valence-corrected chi connectivity index (χ3v) is 5.33. The molecular weight excluding hydrogens is 296 g/mol. The third-order valence-electron chi connectivity index (χ3n) is 3.50. The van der Waals surface area contributed by atoms with Crippen LogP contribution < -0.4 is 5.73 Å². The number of sulfonamides is 1. The minimum atomic E-state index is -3.71. The van der Waals surface area contributed by atoms with E-state index in [0.717, 1.165) is 0 Å². The smallest absolute Gasteiger partial charge is 0.303 e. The first kappa shape index (κ1) is 15.5. The molecule has 8 heteroatoms. The normalized spacial score (nSPS) is 16.4. The molecule has 3 N–H and O–H groups in total. The summed E-state index contributed by atoms with van der Waals surface area (Å²) >= 11 is 0. The summed E-state index contributed by atoms with van der Waals surface area (Å²) in [6, 6.07) is 4.21. The molecule has 1 aromatic carbocycles. The predicted molar refractivity (Wildman–Crippen MR) is 74.2 cm³/mol. The first-order valence-corrected chi connectivity index (χ1v) is 7.78. The van der Waals surface area contributed by atoms with Gasteiger partial charge in [0, 0.05) is 18.7 Å². The van der Waals surface area contributed by atoms with E-state index in [1.165, 1.54) is 22.5 Å². The topological polar surface area (TPSA) is 118 Å². The second-order valence-corrected chi connectivity index (χ2v) is 7.06. The summed E-state index contributed by atoms with van der Waals surface area (Å²) in [6.45, 7) is 2.02. The van der Waals surface area contributed by atoms with Gasteiger partial charge in [0.2, 0.25) is 15.9 Å². The predicted octanol–water partition coefficient (Wildman–Crippen LogP) is 0.189. The molecule has 2 rings (SSSR count). The van der Waals surface area contributed by atoms with Crippen molar-refractivity contribution < 1.29 is 23.1 Å². The maximum Gasteiger partial charge on any atom is 0.303 e. The van der Waals surface area contributed by atoms with Crippen LogP contribution in [0.1, 0.15) is 22.3 Å². The molecule has 0 radical (unpaired) electrons. The molecule has 0 bridgehead atoms. The summed E-state index contributed by atoms with van der Waals surface area (Å²) < 4.78 is 25.9. The van der Waals surface area contributed by atoms with Gasteiger partial charge in [-0.2, -0.15) is 4.31 Å². The molecule has 1 saturated heterocycles. The Morgan fingerprint density at radius 2 is 2.00 bits per heavy atom. The molecule has 0 unspecified atom stereocenters. The summed E-state index contributed by atoms with van der Waals surface area (Å²) in [7, 11) is -3.71. The lowest BCUT2D eigenvalue weighted by Gasteiger charge is -2.37. The Hall–Kier alpha value is -1.93. The van der Waals surface area contributed by atoms with E-state index < -0.39 is 21.9 Å². The summed E-state index contributed by atoms with van der Waals surface area (Å²) in [5.41, 5.74) is 5.98. The van der Waals surface area contributed by atoms with Crippen molar-refractivity contribution >= 4 is 21.9 Å². The van der Waals surface area contributed by atoms with Gasteiger partial charge in [-0.25, -0.2) is 8.42 Å². The minimum Gasteiger partial charge on any atom is -0.481 e. The number of nitrogens with zero attached hydrogens (tertiary/aromatic N) is 1. The SMILES string of the molecule is Cc1ccc(S(=O)(=O)N2CC(CC(=O)O)C2)cc1C(N)=O. The van der Waals surface area contributed by atoms with Crippen LogP contribution in [0.2, 0.25) is 0 Å². The summed E-state index contributed by atoms with van der Waals surface area (Å²) in [6.07, 6.45) is -0.0492. The van der Waals surface area contributed by atoms with Gasteiger partial charge in [-0.05, 0) is 30.5 Å². The number of aliphatic carboxylic acids is 1. The van der Waals surface area contributed by atoms with Gasteiger partial charge in [0.05, 0.1) is 11.3 Å². The van der Waals surface area contributed by atoms with Crippen LogP contribution in [0, 0.1) is 12.8 Å². The highest BCUT2D eigenvalue weighted by Gasteiger charge is 2.37. The fraction of sp³-hybridized carbons (Fsp3) is 0.385. The van der Waals surface area contributed by atoms with Crippen LogP contribution in [-0.4, -0.2) is 42.8 Å². The highest BCUT2D eigenvalue weighted by Crippen LogP contribution is 2.27. The molecule has 1 heterocycles. The second kappa shape index (κ2) is 5.45. The van der Waals surface area contributed by atoms with Crippen LogP contribution in [0.3, 0.4) is 0 Å². The highest BCUT2D eigenvalue weighted by atomic mass is 32.2. The number of primary amides is 1. The van der Waals surface area contributed by atoms with Gasteiger partial charge in [0.15, 0.2) is 0 Å². The monoisotopic (exact) mass is 312 g/mol. The average molecular weight is 312 g/mol. The molecule has 0 aromatic heterocycles. The van der Waals surface area contributed by atoms with Crippen molar-refractivity contribution in [2.75, 3.05) is 13.1 Å². The van der Waals surface area contributed by atoms with Gasteiger partial charge in [0.25, 0.3) is 0 Å². The van der Waals surface area contributed by atoms with Crippen LogP contribution in [0.5, 0.6) is 0 Å². The lowest BCUT2D eigenvalue weighted by Crippen LogP contribution is -2.50. The largest absolute Gasteiger partial charge is 0.481 e. The zero-order valence-electron chi connectivity index (χ0n) is 11.4. The first-order chi connectivity index (χ1) is 9.71. The quantitative estimate of drug-likeness (QED) is 0.804. The fourth-order valence-corrected chi connectivity index (χ4v) is 3.89. The van der Waals surface area contributed by atoms with Crippen LogP contribution in [-0.2, 0) is 14.8 Å². The number of carboxylic acids is 1. The van der Waals surface area contributed by atoms with Gasteiger partial charge < -0.3 is 10.8 Å². The van der Waals surface area contributed by atoms with Gasteiger partial charge in [0.1, 0.15) is 0 Å². The molecule has 0 atom stereocenters. The molecule has 0 aliphatic carbocycles. The molecule has 114 valence electrons. The molecular formula is C13H16N2O5S. The first-order valence-electron chi connectivity index (χ1n) is 6.34. The van der Waals surface area contributed by atoms with E-state index in [0.29, 0.717) is 5.56 Å². The molecule has 0 saturated carbocycles. The van der Waals surface area contributed by atoms with Crippen molar-refractivity contribution in [2.45, 2.75) is 18.2 Å². The number of carboxylic acid groups (broad SMARTS) is 1. The van der Waals surface area contributed by atoms with Crippen LogP contribution in [0.25, 0.3) is 0 Å². The Bertz CT molecular complexity index is 693. The van der Waals surface area contributed by atoms with E-state index in [4.69, 9.17) is 10.8 Å². The Morgan fingerprint density at radius 3 is 2.52 bits per heavy atom. The Balaban J connectivity index is 2.20. The van der Waals surface area contributed by atoms with E-state index in [2.05, 4.69) is 0 Å². The molecule has 0 spiro atoms. The molecule has 1 aliphatic heterocycles. The molecule has 1 aliphatic rings. The number of hydrogen-bond donors (Lipinski definition) is 2. The third kappa shape index (κ3) is 3.06. The van der Waals surface area contributed by atoms with Crippen LogP contribution in [0.15, 0.2) is 23.1 Å². The Morgan fingerprint density at radius 1 is 1.38 bits per heavy atom. The number of carbonyl (C=O) groups excluding carboxylic acids is 1. The molecule has 1 amide bonds. The number of benzene rings is 1. The van der Waals surface area contributed by atoms with Gasteiger partial charge in [-0.15, -0.1) is 0 Å². The van der Waals surface area contributed by atoms with Gasteiger partial charge >= 0.3 is 5.97 Å². The Labute approximate surface area is 122 Å². The zero-order valence-corrected chi connectivity index (χ0v) is 12.3. The molecule has 21 heavy (non-hydrogen) atoms. The number of amides is 1. The van der Waals surface area contributed by atoms with Crippen molar-refractivity contribution in [2.24, 2.45) is 11.7 Å². The molecule has 1 aromatic rings. The summed E-state index contributed by atoms with van der Waals surface area (Å²) in [4.78, 5) is 21.8. The summed E-state index contributed by atoms with van der Waals surface area (Å²) in [5, 5.41) is 8.66. The lowest BCUT2D eigenvalue weighted by molar-refractivity contribution is -0.139. The fourth-order valence-electron chi connectivity index (χ4n) is 2.27. The van der Waals surface area contributed by atoms with Crippen LogP contribution in [0.4, 0.5) is 0 Å². The molecule has 7 nitrogen and oxygen atoms in total. The maximum absolute atomic E-state index is 12.4. The van der Waals surface area contributed by atoms with Gasteiger partial charge in [-0.3, -0.25) is 9.59 Å². The van der Waals surface area contributed by atoms with Crippen molar-refractivity contribution in [1.82, 2.24) is 4.31 Å². The number of carbonyl (C=O) groups is 2. The number of aryl methyl sites for hydroxylation is 1. The standard InChI is InChI=1S/C13H16N2O5S/c1-8-2-3-10(5-11(8)13(14)18)21(19,20)15-6-9(7-15)4-12(16)17/h2-3,5,9H,4,6-7H2,1H3,(H2,14,18)(H,16,17). The van der Waals surface area contributed by atoms with Crippen molar-refractivity contribution in [3.8, 4) is 0 Å². The molecule has 1 fully saturated rings. The highest BCUT2D eigenvalue weighted by molar-refractivity contribution is 7.89. The average Bonchev–Trinajstić information content (AvgIpc) is 2.32. The van der Waals surface area contributed by atoms with Crippen molar-refractivity contribution in [3.05, 3.63) is 29.3 Å². The van der Waals surface area contributed by atoms with Gasteiger partial charge in [-0.1, -0.05) is 6.07 Å². The van der Waals surface area contributed by atoms with Crippen molar-refractivity contribution in [3.63, 3.8) is 0 Å². The van der Waals surface area contributed by atoms with E-state index in [1.807, 2.05) is 0 Å². The van der Waals surface area contributed by atoms with Crippen molar-refractivity contribution in [1.29, 1.82) is 0 Å². The number of rotatable bonds is 5. The lowest BCUT2D eigenvalue weighted by atomic mass is 10.00. The Kier molecular flexibility index (Phi) is 4.02. The van der Waals surface area contributed by atoms with E-state index >= 15 is 0 Å². The maximum atomic E-state index is 12.4. The van der Waals surface area contributed by atoms with Crippen LogP contribution >= 0.6 is 0 Å². The van der Waals surface area contributed by atoms with E-state index in [9.17, 15) is 18.0 Å². The minimum absolute atomic E-state index is 0.00400. The number of hydrogen-bond acceptors (Lipinski definition) is 4. The van der Waals surface area contributed by atoms with E-state index in [-0.39, 0.29) is 35.9 Å². The second-order valence-electron chi connectivity index (χ2n) is 5.13. The van der Waals surface area contributed by atoms with E-state index in [1.54, 1.807) is 6.92 Å².